The molecule has 1 aromatic carbocycles. The minimum absolute atomic E-state index is 0.439. The first-order valence-corrected chi connectivity index (χ1v) is 7.34. The molecule has 3 nitrogen and oxygen atoms in total. The summed E-state index contributed by atoms with van der Waals surface area (Å²) in [6.45, 7) is 4.31. The van der Waals surface area contributed by atoms with Gasteiger partial charge in [0.05, 0.1) is 6.10 Å². The maximum absolute atomic E-state index is 5.86. The first kappa shape index (κ1) is 14.4. The predicted molar refractivity (Wildman–Crippen MR) is 80.0 cm³/mol. The van der Waals surface area contributed by atoms with Crippen LogP contribution in [-0.2, 0) is 11.3 Å². The number of methoxy groups -OCH3 is 1. The molecular formula is C16H26N2O. The smallest absolute Gasteiger partial charge is 0.0586 e. The highest BCUT2D eigenvalue weighted by atomic mass is 16.5. The van der Waals surface area contributed by atoms with E-state index in [-0.39, 0.29) is 0 Å². The molecule has 2 rings (SSSR count). The van der Waals surface area contributed by atoms with Crippen molar-refractivity contribution in [3.05, 3.63) is 29.8 Å². The SMILES string of the molecule is CCN(Cc1cccc(N)c1)C1CCCC(OC)C1. The first-order chi connectivity index (χ1) is 9.22. The molecule has 3 heteroatoms. The van der Waals surface area contributed by atoms with E-state index in [4.69, 9.17) is 10.5 Å². The van der Waals surface area contributed by atoms with Gasteiger partial charge in [-0.15, -0.1) is 0 Å². The Bertz CT molecular complexity index is 394. The number of benzene rings is 1. The van der Waals surface area contributed by atoms with E-state index in [1.54, 1.807) is 0 Å². The Morgan fingerprint density at radius 1 is 1.37 bits per heavy atom. The molecular weight excluding hydrogens is 236 g/mol. The number of hydrogen-bond donors (Lipinski definition) is 1. The lowest BCUT2D eigenvalue weighted by atomic mass is 9.91. The Balaban J connectivity index is 1.99. The first-order valence-electron chi connectivity index (χ1n) is 7.34. The van der Waals surface area contributed by atoms with E-state index >= 15 is 0 Å². The van der Waals surface area contributed by atoms with Gasteiger partial charge >= 0.3 is 0 Å². The Morgan fingerprint density at radius 3 is 2.89 bits per heavy atom. The van der Waals surface area contributed by atoms with E-state index in [1.807, 2.05) is 19.2 Å². The van der Waals surface area contributed by atoms with Gasteiger partial charge in [-0.3, -0.25) is 4.90 Å². The van der Waals surface area contributed by atoms with Crippen molar-refractivity contribution in [3.8, 4) is 0 Å². The van der Waals surface area contributed by atoms with Crippen molar-refractivity contribution in [2.24, 2.45) is 0 Å². The van der Waals surface area contributed by atoms with Gasteiger partial charge in [-0.1, -0.05) is 19.1 Å². The molecule has 0 amide bonds. The van der Waals surface area contributed by atoms with Gasteiger partial charge in [-0.25, -0.2) is 0 Å². The van der Waals surface area contributed by atoms with E-state index in [9.17, 15) is 0 Å². The maximum atomic E-state index is 5.86. The second-order valence-corrected chi connectivity index (χ2v) is 5.49. The molecule has 0 aliphatic heterocycles. The summed E-state index contributed by atoms with van der Waals surface area (Å²) in [5, 5.41) is 0. The van der Waals surface area contributed by atoms with Crippen molar-refractivity contribution in [1.29, 1.82) is 0 Å². The molecule has 1 aliphatic rings. The molecule has 0 spiro atoms. The molecule has 1 aliphatic carbocycles. The van der Waals surface area contributed by atoms with Crippen LogP contribution >= 0.6 is 0 Å². The Hall–Kier alpha value is -1.06. The minimum atomic E-state index is 0.439. The summed E-state index contributed by atoms with van der Waals surface area (Å²) in [5.41, 5.74) is 8.02. The van der Waals surface area contributed by atoms with E-state index in [1.165, 1.54) is 24.8 Å². The van der Waals surface area contributed by atoms with Crippen LogP contribution in [0.1, 0.15) is 38.2 Å². The van der Waals surface area contributed by atoms with E-state index in [0.717, 1.165) is 25.2 Å². The maximum Gasteiger partial charge on any atom is 0.0586 e. The fourth-order valence-electron chi connectivity index (χ4n) is 3.09. The van der Waals surface area contributed by atoms with Gasteiger partial charge in [-0.2, -0.15) is 0 Å². The lowest BCUT2D eigenvalue weighted by Crippen LogP contribution is -2.40. The molecule has 0 saturated heterocycles. The third-order valence-electron chi connectivity index (χ3n) is 4.19. The average Bonchev–Trinajstić information content (AvgIpc) is 2.45. The number of ether oxygens (including phenoxy) is 1. The largest absolute Gasteiger partial charge is 0.399 e. The van der Waals surface area contributed by atoms with Crippen LogP contribution in [0.25, 0.3) is 0 Å². The molecule has 1 aromatic rings. The van der Waals surface area contributed by atoms with Crippen LogP contribution in [-0.4, -0.2) is 30.7 Å². The third kappa shape index (κ3) is 3.95. The molecule has 19 heavy (non-hydrogen) atoms. The number of nitrogens with two attached hydrogens (primary N) is 1. The van der Waals surface area contributed by atoms with Crippen LogP contribution in [0, 0.1) is 0 Å². The summed E-state index contributed by atoms with van der Waals surface area (Å²) < 4.78 is 5.54. The molecule has 2 unspecified atom stereocenters. The molecule has 2 atom stereocenters. The highest BCUT2D eigenvalue weighted by Gasteiger charge is 2.25. The molecule has 106 valence electrons. The third-order valence-corrected chi connectivity index (χ3v) is 4.19. The fraction of sp³-hybridized carbons (Fsp3) is 0.625. The highest BCUT2D eigenvalue weighted by Crippen LogP contribution is 2.26. The molecule has 0 heterocycles. The van der Waals surface area contributed by atoms with Crippen LogP contribution in [0.4, 0.5) is 5.69 Å². The van der Waals surface area contributed by atoms with E-state index in [2.05, 4.69) is 24.0 Å². The summed E-state index contributed by atoms with van der Waals surface area (Å²) in [6.07, 6.45) is 5.37. The van der Waals surface area contributed by atoms with Gasteiger partial charge in [-0.05, 0) is 49.9 Å². The Labute approximate surface area is 116 Å². The lowest BCUT2D eigenvalue weighted by molar-refractivity contribution is 0.0270. The van der Waals surface area contributed by atoms with E-state index in [0.29, 0.717) is 12.1 Å². The van der Waals surface area contributed by atoms with Crippen molar-refractivity contribution in [2.45, 2.75) is 51.3 Å². The molecule has 0 aromatic heterocycles. The highest BCUT2D eigenvalue weighted by molar-refractivity contribution is 5.40. The summed E-state index contributed by atoms with van der Waals surface area (Å²) in [7, 11) is 1.83. The summed E-state index contributed by atoms with van der Waals surface area (Å²) >= 11 is 0. The quantitative estimate of drug-likeness (QED) is 0.829. The van der Waals surface area contributed by atoms with Crippen molar-refractivity contribution >= 4 is 5.69 Å². The number of anilines is 1. The van der Waals surface area contributed by atoms with Crippen molar-refractivity contribution < 1.29 is 4.74 Å². The zero-order chi connectivity index (χ0) is 13.7. The Morgan fingerprint density at radius 2 is 2.21 bits per heavy atom. The van der Waals surface area contributed by atoms with Crippen molar-refractivity contribution in [1.82, 2.24) is 4.90 Å². The second kappa shape index (κ2) is 6.92. The van der Waals surface area contributed by atoms with Gasteiger partial charge in [0, 0.05) is 25.4 Å². The second-order valence-electron chi connectivity index (χ2n) is 5.49. The monoisotopic (exact) mass is 262 g/mol. The predicted octanol–water partition coefficient (Wildman–Crippen LogP) is 3.05. The normalized spacial score (nSPS) is 23.7. The number of hydrogen-bond acceptors (Lipinski definition) is 3. The molecule has 2 N–H and O–H groups in total. The van der Waals surface area contributed by atoms with Gasteiger partial charge in [0.25, 0.3) is 0 Å². The molecule has 1 fully saturated rings. The standard InChI is InChI=1S/C16H26N2O/c1-3-18(12-13-6-4-7-14(17)10-13)15-8-5-9-16(11-15)19-2/h4,6-7,10,15-16H,3,5,8-9,11-12,17H2,1-2H3. The summed E-state index contributed by atoms with van der Waals surface area (Å²) in [6, 6.07) is 8.87. The lowest BCUT2D eigenvalue weighted by Gasteiger charge is -2.36. The van der Waals surface area contributed by atoms with Crippen molar-refractivity contribution in [2.75, 3.05) is 19.4 Å². The van der Waals surface area contributed by atoms with Gasteiger partial charge in [0.1, 0.15) is 0 Å². The van der Waals surface area contributed by atoms with Crippen LogP contribution < -0.4 is 5.73 Å². The fourth-order valence-corrected chi connectivity index (χ4v) is 3.09. The zero-order valence-electron chi connectivity index (χ0n) is 12.1. The number of rotatable bonds is 5. The van der Waals surface area contributed by atoms with Gasteiger partial charge < -0.3 is 10.5 Å². The average molecular weight is 262 g/mol. The summed E-state index contributed by atoms with van der Waals surface area (Å²) in [5.74, 6) is 0. The number of nitrogen functional groups attached to an aromatic ring is 1. The van der Waals surface area contributed by atoms with Crippen LogP contribution in [0.15, 0.2) is 24.3 Å². The minimum Gasteiger partial charge on any atom is -0.399 e. The molecule has 0 bridgehead atoms. The number of nitrogens with zero attached hydrogens (tertiary/aromatic N) is 1. The van der Waals surface area contributed by atoms with Crippen molar-refractivity contribution in [3.63, 3.8) is 0 Å². The van der Waals surface area contributed by atoms with Gasteiger partial charge in [0.15, 0.2) is 0 Å². The van der Waals surface area contributed by atoms with E-state index < -0.39 is 0 Å². The summed E-state index contributed by atoms with van der Waals surface area (Å²) in [4.78, 5) is 2.56. The zero-order valence-corrected chi connectivity index (χ0v) is 12.1. The molecule has 0 radical (unpaired) electrons. The van der Waals surface area contributed by atoms with Crippen LogP contribution in [0.3, 0.4) is 0 Å². The Kier molecular flexibility index (Phi) is 5.23. The van der Waals surface area contributed by atoms with Crippen LogP contribution in [0.5, 0.6) is 0 Å². The van der Waals surface area contributed by atoms with Crippen LogP contribution in [0.2, 0.25) is 0 Å². The topological polar surface area (TPSA) is 38.5 Å². The molecule has 1 saturated carbocycles. The van der Waals surface area contributed by atoms with Gasteiger partial charge in [0.2, 0.25) is 0 Å².